The molecule has 2 rings (SSSR count). The lowest BCUT2D eigenvalue weighted by Gasteiger charge is -2.33. The van der Waals surface area contributed by atoms with Crippen LogP contribution in [-0.4, -0.2) is 64.4 Å². The molecule has 2 saturated heterocycles. The third-order valence-electron chi connectivity index (χ3n) is 3.73. The maximum Gasteiger partial charge on any atom is 0.326 e. The highest BCUT2D eigenvalue weighted by molar-refractivity contribution is 6.06. The first-order chi connectivity index (χ1) is 9.41. The van der Waals surface area contributed by atoms with Crippen molar-refractivity contribution < 1.29 is 24.3 Å². The van der Waals surface area contributed by atoms with Crippen molar-refractivity contribution >= 4 is 23.8 Å². The smallest absolute Gasteiger partial charge is 0.326 e. The predicted molar refractivity (Wildman–Crippen MR) is 66.7 cm³/mol. The Morgan fingerprint density at radius 2 is 2.00 bits per heavy atom. The van der Waals surface area contributed by atoms with Gasteiger partial charge >= 0.3 is 12.0 Å². The number of carbonyl (C=O) groups excluding carboxylic acids is 3. The van der Waals surface area contributed by atoms with Gasteiger partial charge in [-0.2, -0.15) is 0 Å². The number of rotatable bonds is 2. The minimum Gasteiger partial charge on any atom is -0.480 e. The topological polar surface area (TPSA) is 107 Å². The highest BCUT2D eigenvalue weighted by atomic mass is 16.4. The van der Waals surface area contributed by atoms with Crippen molar-refractivity contribution in [3.05, 3.63) is 0 Å². The van der Waals surface area contributed by atoms with Gasteiger partial charge in [-0.25, -0.2) is 9.59 Å². The number of nitrogens with zero attached hydrogens (tertiary/aromatic N) is 2. The molecule has 2 heterocycles. The molecule has 2 aliphatic rings. The number of carbonyl (C=O) groups is 4. The number of aliphatic carboxylic acids is 1. The summed E-state index contributed by atoms with van der Waals surface area (Å²) in [5, 5.41) is 11.6. The van der Waals surface area contributed by atoms with Gasteiger partial charge in [0.25, 0.3) is 5.91 Å². The van der Waals surface area contributed by atoms with E-state index in [1.54, 1.807) is 0 Å². The van der Waals surface area contributed by atoms with E-state index in [-0.39, 0.29) is 12.3 Å². The molecule has 2 N–H and O–H groups in total. The van der Waals surface area contributed by atoms with Crippen LogP contribution < -0.4 is 5.32 Å². The highest BCUT2D eigenvalue weighted by Crippen LogP contribution is 2.18. The van der Waals surface area contributed by atoms with Gasteiger partial charge < -0.3 is 15.3 Å². The van der Waals surface area contributed by atoms with E-state index in [1.165, 1.54) is 11.9 Å². The van der Waals surface area contributed by atoms with Gasteiger partial charge in [-0.15, -0.1) is 0 Å². The Morgan fingerprint density at radius 3 is 2.55 bits per heavy atom. The van der Waals surface area contributed by atoms with Crippen LogP contribution in [0.1, 0.15) is 25.7 Å². The first-order valence-electron chi connectivity index (χ1n) is 6.52. The van der Waals surface area contributed by atoms with Crippen molar-refractivity contribution in [1.82, 2.24) is 15.1 Å². The van der Waals surface area contributed by atoms with Gasteiger partial charge in [0.2, 0.25) is 5.91 Å². The fourth-order valence-electron chi connectivity index (χ4n) is 2.53. The van der Waals surface area contributed by atoms with Crippen molar-refractivity contribution in [2.75, 3.05) is 13.6 Å². The molecule has 2 aliphatic heterocycles. The molecule has 2 fully saturated rings. The highest BCUT2D eigenvalue weighted by Gasteiger charge is 2.39. The lowest BCUT2D eigenvalue weighted by molar-refractivity contribution is -0.143. The maximum absolute atomic E-state index is 12.1. The van der Waals surface area contributed by atoms with E-state index in [0.717, 1.165) is 17.7 Å². The molecule has 0 aliphatic carbocycles. The Bertz CT molecular complexity index is 464. The standard InChI is InChI=1S/C12H17N3O5/c1-14-9(16)6-7(10(14)17)13-12(20)15-5-3-2-4-8(15)11(18)19/h7-8H,2-6H2,1H3,(H,13,20)(H,18,19). The second-order valence-electron chi connectivity index (χ2n) is 5.04. The number of likely N-dealkylation sites (N-methyl/N-ethyl adjacent to an activating group) is 1. The Labute approximate surface area is 115 Å². The molecule has 4 amide bonds. The van der Waals surface area contributed by atoms with Crippen molar-refractivity contribution in [3.8, 4) is 0 Å². The first-order valence-corrected chi connectivity index (χ1v) is 6.52. The van der Waals surface area contributed by atoms with Gasteiger partial charge in [-0.3, -0.25) is 14.5 Å². The first kappa shape index (κ1) is 14.3. The molecule has 0 spiro atoms. The Balaban J connectivity index is 2.02. The SMILES string of the molecule is CN1C(=O)CC(NC(=O)N2CCCCC2C(=O)O)C1=O. The second kappa shape index (κ2) is 5.48. The largest absolute Gasteiger partial charge is 0.480 e. The lowest BCUT2D eigenvalue weighted by atomic mass is 10.0. The van der Waals surface area contributed by atoms with E-state index >= 15 is 0 Å². The summed E-state index contributed by atoms with van der Waals surface area (Å²) in [6, 6.07) is -2.36. The number of amides is 4. The number of carboxylic acids is 1. The molecule has 0 aromatic heterocycles. The molecule has 0 radical (unpaired) electrons. The minimum atomic E-state index is -1.05. The number of piperidine rings is 1. The number of nitrogens with one attached hydrogen (secondary N) is 1. The van der Waals surface area contributed by atoms with Crippen molar-refractivity contribution in [2.45, 2.75) is 37.8 Å². The Morgan fingerprint density at radius 1 is 1.30 bits per heavy atom. The van der Waals surface area contributed by atoms with E-state index < -0.39 is 30.0 Å². The fourth-order valence-corrected chi connectivity index (χ4v) is 2.53. The minimum absolute atomic E-state index is 0.0767. The summed E-state index contributed by atoms with van der Waals surface area (Å²) in [6.07, 6.45) is 1.81. The number of urea groups is 1. The van der Waals surface area contributed by atoms with Crippen LogP contribution in [-0.2, 0) is 14.4 Å². The van der Waals surface area contributed by atoms with Gasteiger partial charge in [0.15, 0.2) is 0 Å². The average molecular weight is 283 g/mol. The molecule has 2 unspecified atom stereocenters. The van der Waals surface area contributed by atoms with Gasteiger partial charge in [-0.05, 0) is 19.3 Å². The van der Waals surface area contributed by atoms with Crippen LogP contribution >= 0.6 is 0 Å². The Kier molecular flexibility index (Phi) is 3.91. The van der Waals surface area contributed by atoms with Gasteiger partial charge in [0, 0.05) is 13.6 Å². The summed E-state index contributed by atoms with van der Waals surface area (Å²) in [6.45, 7) is 0.341. The molecule has 0 aromatic carbocycles. The van der Waals surface area contributed by atoms with E-state index in [2.05, 4.69) is 5.32 Å². The number of imide groups is 1. The van der Waals surface area contributed by atoms with Crippen LogP contribution in [0.3, 0.4) is 0 Å². The summed E-state index contributed by atoms with van der Waals surface area (Å²) >= 11 is 0. The zero-order valence-electron chi connectivity index (χ0n) is 11.2. The summed E-state index contributed by atoms with van der Waals surface area (Å²) < 4.78 is 0. The van der Waals surface area contributed by atoms with Gasteiger partial charge in [0.05, 0.1) is 6.42 Å². The lowest BCUT2D eigenvalue weighted by Crippen LogP contribution is -2.54. The molecule has 0 aromatic rings. The van der Waals surface area contributed by atoms with Gasteiger partial charge in [-0.1, -0.05) is 0 Å². The molecule has 0 saturated carbocycles. The van der Waals surface area contributed by atoms with Crippen LogP contribution in [0.2, 0.25) is 0 Å². The molecule has 8 nitrogen and oxygen atoms in total. The third-order valence-corrected chi connectivity index (χ3v) is 3.73. The normalized spacial score (nSPS) is 26.9. The Hall–Kier alpha value is -2.12. The number of hydrogen-bond donors (Lipinski definition) is 2. The molecule has 110 valence electrons. The van der Waals surface area contributed by atoms with Gasteiger partial charge in [0.1, 0.15) is 12.1 Å². The molecular weight excluding hydrogens is 266 g/mol. The summed E-state index contributed by atoms with van der Waals surface area (Å²) in [4.78, 5) is 48.5. The van der Waals surface area contributed by atoms with Crippen LogP contribution in [0.5, 0.6) is 0 Å². The zero-order chi connectivity index (χ0) is 14.9. The maximum atomic E-state index is 12.1. The molecule has 20 heavy (non-hydrogen) atoms. The second-order valence-corrected chi connectivity index (χ2v) is 5.04. The van der Waals surface area contributed by atoms with E-state index in [0.29, 0.717) is 13.0 Å². The van der Waals surface area contributed by atoms with Crippen molar-refractivity contribution in [2.24, 2.45) is 0 Å². The van der Waals surface area contributed by atoms with Crippen molar-refractivity contribution in [3.63, 3.8) is 0 Å². The van der Waals surface area contributed by atoms with Crippen LogP contribution in [0.25, 0.3) is 0 Å². The summed E-state index contributed by atoms with van der Waals surface area (Å²) in [5.74, 6) is -1.87. The van der Waals surface area contributed by atoms with Crippen LogP contribution in [0.15, 0.2) is 0 Å². The van der Waals surface area contributed by atoms with Crippen molar-refractivity contribution in [1.29, 1.82) is 0 Å². The average Bonchev–Trinajstić information content (AvgIpc) is 2.66. The molecular formula is C12H17N3O5. The number of likely N-dealkylation sites (tertiary alicyclic amines) is 2. The predicted octanol–water partition coefficient (Wildman–Crippen LogP) is -0.608. The summed E-state index contributed by atoms with van der Waals surface area (Å²) in [5.41, 5.74) is 0. The molecule has 8 heteroatoms. The summed E-state index contributed by atoms with van der Waals surface area (Å²) in [7, 11) is 1.36. The molecule has 2 atom stereocenters. The quantitative estimate of drug-likeness (QED) is 0.658. The fraction of sp³-hybridized carbons (Fsp3) is 0.667. The van der Waals surface area contributed by atoms with Crippen LogP contribution in [0.4, 0.5) is 4.79 Å². The zero-order valence-corrected chi connectivity index (χ0v) is 11.2. The molecule has 0 bridgehead atoms. The number of hydrogen-bond acceptors (Lipinski definition) is 4. The third kappa shape index (κ3) is 2.59. The van der Waals surface area contributed by atoms with E-state index in [4.69, 9.17) is 5.11 Å². The van der Waals surface area contributed by atoms with E-state index in [9.17, 15) is 19.2 Å². The van der Waals surface area contributed by atoms with E-state index in [1.807, 2.05) is 0 Å². The van der Waals surface area contributed by atoms with Crippen LogP contribution in [0, 0.1) is 0 Å². The number of carboxylic acid groups (broad SMARTS) is 1. The monoisotopic (exact) mass is 283 g/mol.